The number of hydrogen-bond donors (Lipinski definition) is 8. The lowest BCUT2D eigenvalue weighted by Gasteiger charge is -2.40. The summed E-state index contributed by atoms with van der Waals surface area (Å²) in [4.78, 5) is 0. The Morgan fingerprint density at radius 3 is 1.27 bits per heavy atom. The van der Waals surface area contributed by atoms with Gasteiger partial charge in [-0.1, -0.05) is 48.5 Å². The molecular weight excluding hydrogens is 484 g/mol. The van der Waals surface area contributed by atoms with E-state index in [0.29, 0.717) is 12.8 Å². The van der Waals surface area contributed by atoms with Crippen molar-refractivity contribution >= 4 is 0 Å². The maximum atomic E-state index is 10.3. The van der Waals surface area contributed by atoms with E-state index in [9.17, 15) is 40.9 Å². The van der Waals surface area contributed by atoms with Crippen LogP contribution in [-0.2, 0) is 22.3 Å². The second-order valence-corrected chi connectivity index (χ2v) is 9.87. The molecule has 10 heteroatoms. The molecule has 0 spiro atoms. The standard InChI is InChI=1S/C27H36O10/c28-10-9-18-22(30)26(34)23(31)19(36-18)11-14-1-5-16(6-2-14)17-7-3-15(4-8-17)12-20-24(32)27(35)25(33)21(13-29)37-20/h1-8,18-35H,9-13H2/t18-,19-,20-,21-,22-,23-,24-,25-,26+,27-/m1/s1. The third-order valence-electron chi connectivity index (χ3n) is 7.33. The zero-order valence-corrected chi connectivity index (χ0v) is 20.3. The summed E-state index contributed by atoms with van der Waals surface area (Å²) in [6.45, 7) is -0.665. The van der Waals surface area contributed by atoms with Crippen LogP contribution in [0.25, 0.3) is 11.1 Å². The molecular formula is C27H36O10. The van der Waals surface area contributed by atoms with Gasteiger partial charge < -0.3 is 50.3 Å². The van der Waals surface area contributed by atoms with Gasteiger partial charge in [-0.25, -0.2) is 0 Å². The first kappa shape index (κ1) is 28.1. The average molecular weight is 521 g/mol. The molecule has 2 aliphatic rings. The molecule has 2 aromatic carbocycles. The molecule has 0 amide bonds. The Morgan fingerprint density at radius 2 is 0.865 bits per heavy atom. The minimum absolute atomic E-state index is 0.159. The largest absolute Gasteiger partial charge is 0.396 e. The van der Waals surface area contributed by atoms with Gasteiger partial charge in [0.1, 0.15) is 42.7 Å². The van der Waals surface area contributed by atoms with Crippen LogP contribution in [0.5, 0.6) is 0 Å². The van der Waals surface area contributed by atoms with Crippen LogP contribution in [0.15, 0.2) is 48.5 Å². The van der Waals surface area contributed by atoms with Crippen molar-refractivity contribution in [1.82, 2.24) is 0 Å². The molecule has 0 unspecified atom stereocenters. The molecule has 2 heterocycles. The molecule has 2 fully saturated rings. The topological polar surface area (TPSA) is 180 Å². The van der Waals surface area contributed by atoms with Crippen molar-refractivity contribution in [2.75, 3.05) is 13.2 Å². The number of hydrogen-bond acceptors (Lipinski definition) is 10. The third kappa shape index (κ3) is 6.21. The van der Waals surface area contributed by atoms with Crippen LogP contribution in [-0.4, -0.2) is 115 Å². The highest BCUT2D eigenvalue weighted by atomic mass is 16.5. The Balaban J connectivity index is 1.38. The van der Waals surface area contributed by atoms with Gasteiger partial charge in [0.05, 0.1) is 24.9 Å². The SMILES string of the molecule is OCC[C@H]1O[C@H](Cc2ccc(-c3ccc(C[C@H]4O[C@H](CO)[C@@H](O)[C@H](O)[C@@H]4O)cc3)cc2)[C@@H](O)[C@@H](O)[C@@H]1O. The molecule has 0 saturated carbocycles. The molecule has 2 aliphatic heterocycles. The zero-order valence-electron chi connectivity index (χ0n) is 20.3. The monoisotopic (exact) mass is 520 g/mol. The van der Waals surface area contributed by atoms with Gasteiger partial charge in [-0.2, -0.15) is 0 Å². The third-order valence-corrected chi connectivity index (χ3v) is 7.33. The summed E-state index contributed by atoms with van der Waals surface area (Å²) < 4.78 is 11.3. The summed E-state index contributed by atoms with van der Waals surface area (Å²) in [5.41, 5.74) is 3.62. The molecule has 0 aliphatic carbocycles. The van der Waals surface area contributed by atoms with E-state index in [4.69, 9.17) is 9.47 Å². The molecule has 0 bridgehead atoms. The van der Waals surface area contributed by atoms with Gasteiger partial charge in [0.2, 0.25) is 0 Å². The number of ether oxygens (including phenoxy) is 2. The van der Waals surface area contributed by atoms with Crippen molar-refractivity contribution in [3.8, 4) is 11.1 Å². The number of aliphatic hydroxyl groups is 8. The second-order valence-electron chi connectivity index (χ2n) is 9.87. The predicted molar refractivity (Wildman–Crippen MR) is 131 cm³/mol. The Labute approximate surface area is 215 Å². The van der Waals surface area contributed by atoms with Gasteiger partial charge >= 0.3 is 0 Å². The van der Waals surface area contributed by atoms with Crippen LogP contribution in [0.2, 0.25) is 0 Å². The van der Waals surface area contributed by atoms with E-state index >= 15 is 0 Å². The molecule has 10 nitrogen and oxygen atoms in total. The molecule has 37 heavy (non-hydrogen) atoms. The highest BCUT2D eigenvalue weighted by Gasteiger charge is 2.44. The van der Waals surface area contributed by atoms with E-state index < -0.39 is 67.6 Å². The minimum atomic E-state index is -1.40. The van der Waals surface area contributed by atoms with Gasteiger partial charge in [0.25, 0.3) is 0 Å². The van der Waals surface area contributed by atoms with Crippen molar-refractivity contribution < 1.29 is 50.3 Å². The Bertz CT molecular complexity index is 982. The molecule has 4 rings (SSSR count). The lowest BCUT2D eigenvalue weighted by molar-refractivity contribution is -0.228. The Kier molecular flexibility index (Phi) is 9.30. The molecule has 2 saturated heterocycles. The molecule has 10 atom stereocenters. The number of benzene rings is 2. The van der Waals surface area contributed by atoms with Crippen molar-refractivity contribution in [1.29, 1.82) is 0 Å². The van der Waals surface area contributed by atoms with E-state index in [1.165, 1.54) is 0 Å². The van der Waals surface area contributed by atoms with Gasteiger partial charge in [0.15, 0.2) is 0 Å². The van der Waals surface area contributed by atoms with Crippen molar-refractivity contribution in [2.24, 2.45) is 0 Å². The number of aliphatic hydroxyl groups excluding tert-OH is 8. The van der Waals surface area contributed by atoms with E-state index in [1.54, 1.807) is 0 Å². The fourth-order valence-corrected chi connectivity index (χ4v) is 5.04. The van der Waals surface area contributed by atoms with Crippen molar-refractivity contribution in [3.05, 3.63) is 59.7 Å². The lowest BCUT2D eigenvalue weighted by Crippen LogP contribution is -2.58. The second kappa shape index (κ2) is 12.3. The van der Waals surface area contributed by atoms with E-state index in [1.807, 2.05) is 48.5 Å². The van der Waals surface area contributed by atoms with Crippen LogP contribution in [0, 0.1) is 0 Å². The van der Waals surface area contributed by atoms with Crippen LogP contribution < -0.4 is 0 Å². The highest BCUT2D eigenvalue weighted by molar-refractivity contribution is 5.64. The summed E-state index contributed by atoms with van der Waals surface area (Å²) in [5.74, 6) is 0. The van der Waals surface area contributed by atoms with Crippen LogP contribution in [0.4, 0.5) is 0 Å². The maximum absolute atomic E-state index is 10.3. The first-order valence-corrected chi connectivity index (χ1v) is 12.5. The van der Waals surface area contributed by atoms with Gasteiger partial charge in [0, 0.05) is 19.4 Å². The van der Waals surface area contributed by atoms with E-state index in [0.717, 1.165) is 22.3 Å². The summed E-state index contributed by atoms with van der Waals surface area (Å²) >= 11 is 0. The first-order valence-electron chi connectivity index (χ1n) is 12.5. The smallest absolute Gasteiger partial charge is 0.111 e. The maximum Gasteiger partial charge on any atom is 0.111 e. The van der Waals surface area contributed by atoms with Gasteiger partial charge in [-0.15, -0.1) is 0 Å². The number of rotatable bonds is 8. The summed E-state index contributed by atoms with van der Waals surface area (Å²) in [6.07, 6.45) is -10.3. The fourth-order valence-electron chi connectivity index (χ4n) is 5.04. The molecule has 204 valence electrons. The minimum Gasteiger partial charge on any atom is -0.396 e. The zero-order chi connectivity index (χ0) is 26.7. The molecule has 8 N–H and O–H groups in total. The van der Waals surface area contributed by atoms with Crippen LogP contribution in [0.1, 0.15) is 17.5 Å². The lowest BCUT2D eigenvalue weighted by atomic mass is 9.90. The Morgan fingerprint density at radius 1 is 0.486 bits per heavy atom. The van der Waals surface area contributed by atoms with Crippen molar-refractivity contribution in [3.63, 3.8) is 0 Å². The first-order chi connectivity index (χ1) is 17.7. The fraction of sp³-hybridized carbons (Fsp3) is 0.556. The van der Waals surface area contributed by atoms with Gasteiger partial charge in [-0.05, 0) is 28.7 Å². The quantitative estimate of drug-likeness (QED) is 0.204. The summed E-state index contributed by atoms with van der Waals surface area (Å²) in [6, 6.07) is 15.2. The van der Waals surface area contributed by atoms with Crippen molar-refractivity contribution in [2.45, 2.75) is 80.3 Å². The van der Waals surface area contributed by atoms with Gasteiger partial charge in [-0.3, -0.25) is 0 Å². The summed E-state index contributed by atoms with van der Waals surface area (Å²) in [7, 11) is 0. The molecule has 0 aromatic heterocycles. The summed E-state index contributed by atoms with van der Waals surface area (Å²) in [5, 5.41) is 79.3. The highest BCUT2D eigenvalue weighted by Crippen LogP contribution is 2.28. The molecule has 0 radical (unpaired) electrons. The van der Waals surface area contributed by atoms with E-state index in [2.05, 4.69) is 0 Å². The Hall–Kier alpha value is -1.96. The van der Waals surface area contributed by atoms with Crippen LogP contribution >= 0.6 is 0 Å². The van der Waals surface area contributed by atoms with Crippen LogP contribution in [0.3, 0.4) is 0 Å². The predicted octanol–water partition coefficient (Wildman–Crippen LogP) is -1.49. The normalized spacial score (nSPS) is 36.4. The van der Waals surface area contributed by atoms with E-state index in [-0.39, 0.29) is 13.0 Å². The molecule has 2 aromatic rings. The average Bonchev–Trinajstić information content (AvgIpc) is 2.91.